The molecule has 0 aliphatic rings. The Morgan fingerprint density at radius 1 is 1.38 bits per heavy atom. The first-order valence-corrected chi connectivity index (χ1v) is 5.96. The second-order valence-corrected chi connectivity index (χ2v) is 3.90. The molecule has 16 heavy (non-hydrogen) atoms. The topological polar surface area (TPSA) is 62.7 Å². The Morgan fingerprint density at radius 3 is 2.88 bits per heavy atom. The van der Waals surface area contributed by atoms with Crippen molar-refractivity contribution < 1.29 is 0 Å². The summed E-state index contributed by atoms with van der Waals surface area (Å²) >= 11 is 0. The van der Waals surface area contributed by atoms with Crippen LogP contribution in [0.15, 0.2) is 6.20 Å². The van der Waals surface area contributed by atoms with Crippen molar-refractivity contribution in [3.05, 3.63) is 6.20 Å². The van der Waals surface area contributed by atoms with Crippen LogP contribution in [0.2, 0.25) is 0 Å². The molecule has 2 N–H and O–H groups in total. The molecule has 1 rings (SSSR count). The van der Waals surface area contributed by atoms with Crippen molar-refractivity contribution in [1.29, 1.82) is 0 Å². The van der Waals surface area contributed by atoms with E-state index in [-0.39, 0.29) is 0 Å². The van der Waals surface area contributed by atoms with Gasteiger partial charge in [-0.25, -0.2) is 0 Å². The molecule has 1 heterocycles. The molecular weight excluding hydrogens is 202 g/mol. The van der Waals surface area contributed by atoms with Gasteiger partial charge in [0, 0.05) is 12.6 Å². The maximum atomic E-state index is 4.34. The van der Waals surface area contributed by atoms with Gasteiger partial charge in [0.2, 0.25) is 5.95 Å². The highest BCUT2D eigenvalue weighted by Gasteiger charge is 2.03. The first kappa shape index (κ1) is 12.7. The van der Waals surface area contributed by atoms with Gasteiger partial charge >= 0.3 is 0 Å². The molecule has 0 aromatic carbocycles. The van der Waals surface area contributed by atoms with Crippen LogP contribution >= 0.6 is 0 Å². The van der Waals surface area contributed by atoms with Crippen LogP contribution in [-0.4, -0.2) is 27.8 Å². The van der Waals surface area contributed by atoms with E-state index in [1.807, 2.05) is 0 Å². The van der Waals surface area contributed by atoms with Gasteiger partial charge in [0.15, 0.2) is 0 Å². The third-order valence-electron chi connectivity index (χ3n) is 2.38. The van der Waals surface area contributed by atoms with E-state index in [1.165, 1.54) is 6.42 Å². The molecule has 1 atom stereocenters. The van der Waals surface area contributed by atoms with Crippen LogP contribution in [0.5, 0.6) is 0 Å². The normalized spacial score (nSPS) is 12.2. The Bertz CT molecular complexity index is 302. The van der Waals surface area contributed by atoms with Gasteiger partial charge in [0.1, 0.15) is 5.82 Å². The van der Waals surface area contributed by atoms with Gasteiger partial charge in [-0.05, 0) is 19.8 Å². The predicted molar refractivity (Wildman–Crippen MR) is 66.6 cm³/mol. The molecule has 1 aromatic rings. The van der Waals surface area contributed by atoms with Gasteiger partial charge in [0.25, 0.3) is 0 Å². The summed E-state index contributed by atoms with van der Waals surface area (Å²) in [6.07, 6.45) is 5.00. The molecule has 0 fully saturated rings. The largest absolute Gasteiger partial charge is 0.369 e. The van der Waals surface area contributed by atoms with Crippen LogP contribution in [-0.2, 0) is 0 Å². The zero-order valence-corrected chi connectivity index (χ0v) is 10.3. The van der Waals surface area contributed by atoms with Crippen LogP contribution in [0, 0.1) is 0 Å². The lowest BCUT2D eigenvalue weighted by Gasteiger charge is -2.11. The Labute approximate surface area is 97.1 Å². The molecule has 1 unspecified atom stereocenters. The van der Waals surface area contributed by atoms with Crippen molar-refractivity contribution >= 4 is 11.8 Å². The average molecular weight is 223 g/mol. The maximum absolute atomic E-state index is 4.34. The van der Waals surface area contributed by atoms with Gasteiger partial charge in [0.05, 0.1) is 6.20 Å². The first-order chi connectivity index (χ1) is 7.76. The number of nitrogens with zero attached hydrogens (tertiary/aromatic N) is 3. The van der Waals surface area contributed by atoms with Crippen molar-refractivity contribution in [2.75, 3.05) is 17.2 Å². The summed E-state index contributed by atoms with van der Waals surface area (Å²) < 4.78 is 0. The molecule has 5 heteroatoms. The van der Waals surface area contributed by atoms with Crippen LogP contribution in [0.3, 0.4) is 0 Å². The van der Waals surface area contributed by atoms with Crippen molar-refractivity contribution in [3.63, 3.8) is 0 Å². The van der Waals surface area contributed by atoms with Crippen LogP contribution < -0.4 is 10.6 Å². The molecule has 0 aliphatic carbocycles. The minimum Gasteiger partial charge on any atom is -0.369 e. The number of hydrogen-bond acceptors (Lipinski definition) is 5. The molecule has 0 saturated heterocycles. The van der Waals surface area contributed by atoms with Gasteiger partial charge < -0.3 is 10.6 Å². The quantitative estimate of drug-likeness (QED) is 0.694. The number of hydrogen-bond donors (Lipinski definition) is 2. The second kappa shape index (κ2) is 6.98. The van der Waals surface area contributed by atoms with Gasteiger partial charge in [-0.1, -0.05) is 20.3 Å². The van der Waals surface area contributed by atoms with E-state index in [0.29, 0.717) is 12.0 Å². The molecule has 5 nitrogen and oxygen atoms in total. The van der Waals surface area contributed by atoms with E-state index in [2.05, 4.69) is 46.6 Å². The summed E-state index contributed by atoms with van der Waals surface area (Å²) in [7, 11) is 0. The first-order valence-electron chi connectivity index (χ1n) is 5.96. The monoisotopic (exact) mass is 223 g/mol. The van der Waals surface area contributed by atoms with Crippen LogP contribution in [0.4, 0.5) is 11.8 Å². The molecule has 0 radical (unpaired) electrons. The highest BCUT2D eigenvalue weighted by molar-refractivity contribution is 5.37. The van der Waals surface area contributed by atoms with E-state index in [9.17, 15) is 0 Å². The third kappa shape index (κ3) is 4.42. The summed E-state index contributed by atoms with van der Waals surface area (Å²) in [5, 5.41) is 14.3. The summed E-state index contributed by atoms with van der Waals surface area (Å²) in [5.41, 5.74) is 0. The summed E-state index contributed by atoms with van der Waals surface area (Å²) in [4.78, 5) is 4.34. The summed E-state index contributed by atoms with van der Waals surface area (Å²) in [6, 6.07) is 0.368. The van der Waals surface area contributed by atoms with Gasteiger partial charge in [-0.2, -0.15) is 10.1 Å². The fraction of sp³-hybridized carbons (Fsp3) is 0.727. The highest BCUT2D eigenvalue weighted by Crippen LogP contribution is 2.06. The van der Waals surface area contributed by atoms with Crippen LogP contribution in [0.25, 0.3) is 0 Å². The molecular formula is C11H21N5. The van der Waals surface area contributed by atoms with E-state index < -0.39 is 0 Å². The standard InChI is InChI=1S/C11H21N5/c1-4-6-7-12-10-8-13-16-11(15-10)14-9(3)5-2/h8-9H,4-7H2,1-3H3,(H2,12,14,15,16). The third-order valence-corrected chi connectivity index (χ3v) is 2.38. The highest BCUT2D eigenvalue weighted by atomic mass is 15.3. The number of nitrogens with one attached hydrogen (secondary N) is 2. The lowest BCUT2D eigenvalue weighted by atomic mass is 10.3. The lowest BCUT2D eigenvalue weighted by molar-refractivity contribution is 0.745. The lowest BCUT2D eigenvalue weighted by Crippen LogP contribution is -2.17. The number of aromatic nitrogens is 3. The van der Waals surface area contributed by atoms with Crippen molar-refractivity contribution in [1.82, 2.24) is 15.2 Å². The molecule has 0 saturated carbocycles. The molecule has 0 aliphatic heterocycles. The smallest absolute Gasteiger partial charge is 0.244 e. The fourth-order valence-corrected chi connectivity index (χ4v) is 1.17. The van der Waals surface area contributed by atoms with Gasteiger partial charge in [-0.3, -0.25) is 0 Å². The SMILES string of the molecule is CCCCNc1cnnc(NC(C)CC)n1. The minimum atomic E-state index is 0.368. The van der Waals surface area contributed by atoms with Gasteiger partial charge in [-0.15, -0.1) is 5.10 Å². The van der Waals surface area contributed by atoms with Crippen molar-refractivity contribution in [2.24, 2.45) is 0 Å². The summed E-state index contributed by atoms with van der Waals surface area (Å²) in [5.74, 6) is 1.38. The fourth-order valence-electron chi connectivity index (χ4n) is 1.17. The van der Waals surface area contributed by atoms with Crippen LogP contribution in [0.1, 0.15) is 40.0 Å². The molecule has 0 spiro atoms. The van der Waals surface area contributed by atoms with E-state index >= 15 is 0 Å². The Morgan fingerprint density at radius 2 is 2.19 bits per heavy atom. The number of anilines is 2. The Hall–Kier alpha value is -1.39. The zero-order chi connectivity index (χ0) is 11.8. The molecule has 0 amide bonds. The van der Waals surface area contributed by atoms with Crippen molar-refractivity contribution in [2.45, 2.75) is 46.1 Å². The maximum Gasteiger partial charge on any atom is 0.244 e. The van der Waals surface area contributed by atoms with E-state index in [1.54, 1.807) is 6.20 Å². The predicted octanol–water partition coefficient (Wildman–Crippen LogP) is 2.29. The minimum absolute atomic E-state index is 0.368. The zero-order valence-electron chi connectivity index (χ0n) is 10.3. The molecule has 0 bridgehead atoms. The van der Waals surface area contributed by atoms with E-state index in [4.69, 9.17) is 0 Å². The second-order valence-electron chi connectivity index (χ2n) is 3.90. The Kier molecular flexibility index (Phi) is 5.53. The number of unbranched alkanes of at least 4 members (excludes halogenated alkanes) is 1. The molecule has 1 aromatic heterocycles. The van der Waals surface area contributed by atoms with E-state index in [0.717, 1.165) is 25.2 Å². The summed E-state index contributed by atoms with van der Waals surface area (Å²) in [6.45, 7) is 7.31. The molecule has 90 valence electrons. The number of rotatable bonds is 7. The van der Waals surface area contributed by atoms with Crippen molar-refractivity contribution in [3.8, 4) is 0 Å². The average Bonchev–Trinajstić information content (AvgIpc) is 2.30. The Balaban J connectivity index is 2.50.